The Morgan fingerprint density at radius 1 is 0.900 bits per heavy atom. The Kier molecular flexibility index (Phi) is 4.17. The maximum Gasteiger partial charge on any atom is 0.0139 e. The molecule has 1 fully saturated rings. The largest absolute Gasteiger partial charge is 0.313 e. The first-order valence-corrected chi connectivity index (χ1v) is 7.64. The molecule has 1 saturated heterocycles. The molecule has 0 aliphatic carbocycles. The van der Waals surface area contributed by atoms with E-state index in [1.54, 1.807) is 0 Å². The van der Waals surface area contributed by atoms with Crippen molar-refractivity contribution in [3.63, 3.8) is 0 Å². The molecular formula is C19H23N. The number of hydrogen-bond acceptors (Lipinski definition) is 1. The summed E-state index contributed by atoms with van der Waals surface area (Å²) in [6.07, 6.45) is 3.65. The van der Waals surface area contributed by atoms with Gasteiger partial charge in [0.05, 0.1) is 0 Å². The van der Waals surface area contributed by atoms with Crippen LogP contribution in [-0.4, -0.2) is 12.6 Å². The highest BCUT2D eigenvalue weighted by Gasteiger charge is 2.26. The van der Waals surface area contributed by atoms with Crippen molar-refractivity contribution in [3.05, 3.63) is 71.3 Å². The van der Waals surface area contributed by atoms with Gasteiger partial charge in [0.2, 0.25) is 0 Å². The smallest absolute Gasteiger partial charge is 0.0139 e. The minimum atomic E-state index is 0.623. The van der Waals surface area contributed by atoms with Gasteiger partial charge in [-0.25, -0.2) is 0 Å². The van der Waals surface area contributed by atoms with E-state index in [-0.39, 0.29) is 0 Å². The Hall–Kier alpha value is -1.60. The molecule has 2 aromatic rings. The second-order valence-corrected chi connectivity index (χ2v) is 5.99. The standard InChI is InChI=1S/C19H23N/c1-15-7-9-17(10-8-15)14-19-18(11-12-20-19)13-16-5-3-2-4-6-16/h2-10,18-20H,11-14H2,1H3. The zero-order valence-corrected chi connectivity index (χ0v) is 12.2. The van der Waals surface area contributed by atoms with Gasteiger partial charge < -0.3 is 5.32 Å². The molecule has 3 rings (SSSR count). The van der Waals surface area contributed by atoms with Crippen LogP contribution in [0.2, 0.25) is 0 Å². The third kappa shape index (κ3) is 3.29. The van der Waals surface area contributed by atoms with E-state index in [1.807, 2.05) is 0 Å². The van der Waals surface area contributed by atoms with Gasteiger partial charge in [0, 0.05) is 6.04 Å². The molecule has 2 atom stereocenters. The first kappa shape index (κ1) is 13.4. The zero-order valence-electron chi connectivity index (χ0n) is 12.2. The summed E-state index contributed by atoms with van der Waals surface area (Å²) in [5.41, 5.74) is 4.26. The molecule has 1 N–H and O–H groups in total. The fourth-order valence-electron chi connectivity index (χ4n) is 3.20. The molecular weight excluding hydrogens is 242 g/mol. The fourth-order valence-corrected chi connectivity index (χ4v) is 3.20. The summed E-state index contributed by atoms with van der Waals surface area (Å²) in [6, 6.07) is 20.5. The van der Waals surface area contributed by atoms with Crippen molar-refractivity contribution in [1.82, 2.24) is 5.32 Å². The molecule has 1 heteroatoms. The van der Waals surface area contributed by atoms with Crippen LogP contribution in [0.3, 0.4) is 0 Å². The van der Waals surface area contributed by atoms with E-state index >= 15 is 0 Å². The predicted octanol–water partition coefficient (Wildman–Crippen LogP) is 3.76. The van der Waals surface area contributed by atoms with Gasteiger partial charge in [0.1, 0.15) is 0 Å². The van der Waals surface area contributed by atoms with Crippen LogP contribution in [0.15, 0.2) is 54.6 Å². The Morgan fingerprint density at radius 2 is 1.60 bits per heavy atom. The van der Waals surface area contributed by atoms with Crippen molar-refractivity contribution < 1.29 is 0 Å². The molecule has 1 heterocycles. The van der Waals surface area contributed by atoms with Gasteiger partial charge in [-0.15, -0.1) is 0 Å². The number of aryl methyl sites for hydroxylation is 1. The minimum absolute atomic E-state index is 0.623. The third-order valence-corrected chi connectivity index (χ3v) is 4.41. The number of nitrogens with one attached hydrogen (secondary N) is 1. The van der Waals surface area contributed by atoms with Crippen LogP contribution in [0.25, 0.3) is 0 Å². The van der Waals surface area contributed by atoms with Crippen molar-refractivity contribution in [1.29, 1.82) is 0 Å². The second-order valence-electron chi connectivity index (χ2n) is 5.99. The van der Waals surface area contributed by atoms with Crippen LogP contribution in [0, 0.1) is 12.8 Å². The molecule has 0 amide bonds. The second kappa shape index (κ2) is 6.23. The van der Waals surface area contributed by atoms with Crippen LogP contribution in [0.1, 0.15) is 23.1 Å². The summed E-state index contributed by atoms with van der Waals surface area (Å²) in [7, 11) is 0. The van der Waals surface area contributed by atoms with Crippen molar-refractivity contribution in [2.24, 2.45) is 5.92 Å². The molecule has 1 nitrogen and oxygen atoms in total. The number of rotatable bonds is 4. The van der Waals surface area contributed by atoms with Crippen LogP contribution in [0.5, 0.6) is 0 Å². The van der Waals surface area contributed by atoms with Gasteiger partial charge >= 0.3 is 0 Å². The van der Waals surface area contributed by atoms with Gasteiger partial charge in [-0.05, 0) is 49.8 Å². The van der Waals surface area contributed by atoms with Crippen molar-refractivity contribution in [3.8, 4) is 0 Å². The monoisotopic (exact) mass is 265 g/mol. The highest BCUT2D eigenvalue weighted by atomic mass is 14.9. The predicted molar refractivity (Wildman–Crippen MR) is 84.9 cm³/mol. The Balaban J connectivity index is 1.65. The van der Waals surface area contributed by atoms with E-state index < -0.39 is 0 Å². The lowest BCUT2D eigenvalue weighted by Crippen LogP contribution is -2.30. The van der Waals surface area contributed by atoms with Crippen molar-refractivity contribution in [2.75, 3.05) is 6.54 Å². The number of hydrogen-bond donors (Lipinski definition) is 1. The lowest BCUT2D eigenvalue weighted by Gasteiger charge is -2.20. The Morgan fingerprint density at radius 3 is 2.35 bits per heavy atom. The maximum atomic E-state index is 3.69. The third-order valence-electron chi connectivity index (χ3n) is 4.41. The van der Waals surface area contributed by atoms with Crippen LogP contribution < -0.4 is 5.32 Å². The maximum absolute atomic E-state index is 3.69. The summed E-state index contributed by atoms with van der Waals surface area (Å²) < 4.78 is 0. The molecule has 0 saturated carbocycles. The summed E-state index contributed by atoms with van der Waals surface area (Å²) in [4.78, 5) is 0. The highest BCUT2D eigenvalue weighted by Crippen LogP contribution is 2.23. The van der Waals surface area contributed by atoms with Gasteiger partial charge in [0.15, 0.2) is 0 Å². The first-order valence-electron chi connectivity index (χ1n) is 7.64. The molecule has 0 spiro atoms. The molecule has 20 heavy (non-hydrogen) atoms. The summed E-state index contributed by atoms with van der Waals surface area (Å²) in [5.74, 6) is 0.763. The zero-order chi connectivity index (χ0) is 13.8. The summed E-state index contributed by atoms with van der Waals surface area (Å²) in [6.45, 7) is 3.31. The molecule has 104 valence electrons. The number of benzene rings is 2. The topological polar surface area (TPSA) is 12.0 Å². The average Bonchev–Trinajstić information content (AvgIpc) is 2.90. The fraction of sp³-hybridized carbons (Fsp3) is 0.368. The Labute approximate surface area is 122 Å². The lowest BCUT2D eigenvalue weighted by atomic mass is 9.89. The summed E-state index contributed by atoms with van der Waals surface area (Å²) >= 11 is 0. The molecule has 0 radical (unpaired) electrons. The van der Waals surface area contributed by atoms with Crippen LogP contribution >= 0.6 is 0 Å². The average molecular weight is 265 g/mol. The van der Waals surface area contributed by atoms with Gasteiger partial charge in [-0.1, -0.05) is 60.2 Å². The summed E-state index contributed by atoms with van der Waals surface area (Å²) in [5, 5.41) is 3.69. The molecule has 0 bridgehead atoms. The molecule has 1 aliphatic rings. The minimum Gasteiger partial charge on any atom is -0.313 e. The van der Waals surface area contributed by atoms with Crippen molar-refractivity contribution in [2.45, 2.75) is 32.2 Å². The van der Waals surface area contributed by atoms with E-state index in [2.05, 4.69) is 66.8 Å². The van der Waals surface area contributed by atoms with Gasteiger partial charge in [-0.2, -0.15) is 0 Å². The SMILES string of the molecule is Cc1ccc(CC2NCCC2Cc2ccccc2)cc1. The van der Waals surface area contributed by atoms with Crippen LogP contribution in [0.4, 0.5) is 0 Å². The van der Waals surface area contributed by atoms with Crippen LogP contribution in [-0.2, 0) is 12.8 Å². The molecule has 2 aromatic carbocycles. The van der Waals surface area contributed by atoms with Gasteiger partial charge in [-0.3, -0.25) is 0 Å². The normalized spacial score (nSPS) is 22.1. The molecule has 1 aliphatic heterocycles. The van der Waals surface area contributed by atoms with E-state index in [0.717, 1.165) is 18.9 Å². The Bertz CT molecular complexity index is 529. The quantitative estimate of drug-likeness (QED) is 0.887. The van der Waals surface area contributed by atoms with Gasteiger partial charge in [0.25, 0.3) is 0 Å². The lowest BCUT2D eigenvalue weighted by molar-refractivity contribution is 0.442. The van der Waals surface area contributed by atoms with Crippen molar-refractivity contribution >= 4 is 0 Å². The molecule has 0 aromatic heterocycles. The van der Waals surface area contributed by atoms with E-state index in [4.69, 9.17) is 0 Å². The van der Waals surface area contributed by atoms with E-state index in [1.165, 1.54) is 29.5 Å². The van der Waals surface area contributed by atoms with E-state index in [0.29, 0.717) is 6.04 Å². The first-order chi connectivity index (χ1) is 9.81. The molecule has 2 unspecified atom stereocenters. The highest BCUT2D eigenvalue weighted by molar-refractivity contribution is 5.23. The van der Waals surface area contributed by atoms with E-state index in [9.17, 15) is 0 Å².